The highest BCUT2D eigenvalue weighted by atomic mass is 32.1. The van der Waals surface area contributed by atoms with Gasteiger partial charge < -0.3 is 15.5 Å². The predicted octanol–water partition coefficient (Wildman–Crippen LogP) is 2.41. The van der Waals surface area contributed by atoms with Crippen LogP contribution in [0, 0.1) is 6.92 Å². The van der Waals surface area contributed by atoms with E-state index >= 15 is 0 Å². The van der Waals surface area contributed by atoms with E-state index in [9.17, 15) is 4.79 Å². The van der Waals surface area contributed by atoms with Gasteiger partial charge in [-0.2, -0.15) is 0 Å². The van der Waals surface area contributed by atoms with Crippen LogP contribution in [-0.2, 0) is 13.1 Å². The highest BCUT2D eigenvalue weighted by Crippen LogP contribution is 2.11. The van der Waals surface area contributed by atoms with E-state index in [0.29, 0.717) is 18.7 Å². The van der Waals surface area contributed by atoms with Gasteiger partial charge in [-0.15, -0.1) is 11.3 Å². The number of hydrogen-bond donors (Lipinski definition) is 2. The zero-order valence-corrected chi connectivity index (χ0v) is 16.0. The number of guanidine groups is 1. The monoisotopic (exact) mass is 359 g/mol. The van der Waals surface area contributed by atoms with Crippen LogP contribution in [0.2, 0.25) is 0 Å². The smallest absolute Gasteiger partial charge is 0.253 e. The molecule has 1 heterocycles. The average Bonchev–Trinajstić information content (AvgIpc) is 3.02. The fourth-order valence-electron chi connectivity index (χ4n) is 2.18. The maximum atomic E-state index is 11.9. The molecule has 1 aromatic heterocycles. The molecule has 7 heteroatoms. The Morgan fingerprint density at radius 3 is 2.52 bits per heavy atom. The summed E-state index contributed by atoms with van der Waals surface area (Å²) in [5.41, 5.74) is 4.65. The molecule has 25 heavy (non-hydrogen) atoms. The zero-order valence-electron chi connectivity index (χ0n) is 15.2. The minimum atomic E-state index is 0.00461. The van der Waals surface area contributed by atoms with Crippen molar-refractivity contribution in [2.45, 2.75) is 26.9 Å². The molecule has 0 unspecified atom stereocenters. The van der Waals surface area contributed by atoms with Gasteiger partial charge in [0.25, 0.3) is 5.91 Å². The summed E-state index contributed by atoms with van der Waals surface area (Å²) in [6, 6.07) is 7.57. The molecule has 0 radical (unpaired) electrons. The lowest BCUT2D eigenvalue weighted by Gasteiger charge is -2.12. The fraction of sp³-hybridized carbons (Fsp3) is 0.389. The molecule has 0 saturated carbocycles. The van der Waals surface area contributed by atoms with E-state index in [4.69, 9.17) is 0 Å². The molecule has 0 aliphatic heterocycles. The Labute approximate surface area is 153 Å². The minimum Gasteiger partial charge on any atom is -0.357 e. The Kier molecular flexibility index (Phi) is 6.94. The van der Waals surface area contributed by atoms with Crippen LogP contribution in [0.1, 0.15) is 33.4 Å². The molecule has 0 atom stereocenters. The van der Waals surface area contributed by atoms with Crippen LogP contribution < -0.4 is 10.6 Å². The Morgan fingerprint density at radius 1 is 1.24 bits per heavy atom. The first-order valence-electron chi connectivity index (χ1n) is 8.23. The SMILES string of the molecule is CCNC(=NCc1ccc(C(=O)N(C)C)cc1)NCc1scnc1C. The van der Waals surface area contributed by atoms with Gasteiger partial charge in [0, 0.05) is 31.1 Å². The van der Waals surface area contributed by atoms with Gasteiger partial charge in [0.2, 0.25) is 0 Å². The van der Waals surface area contributed by atoms with Crippen LogP contribution in [0.15, 0.2) is 34.8 Å². The summed E-state index contributed by atoms with van der Waals surface area (Å²) in [6.07, 6.45) is 0. The molecule has 0 fully saturated rings. The van der Waals surface area contributed by atoms with Crippen molar-refractivity contribution in [3.05, 3.63) is 51.5 Å². The lowest BCUT2D eigenvalue weighted by Crippen LogP contribution is -2.36. The molecule has 2 N–H and O–H groups in total. The molecular weight excluding hydrogens is 334 g/mol. The molecule has 6 nitrogen and oxygen atoms in total. The number of hydrogen-bond acceptors (Lipinski definition) is 4. The predicted molar refractivity (Wildman–Crippen MR) is 103 cm³/mol. The molecule has 0 bridgehead atoms. The highest BCUT2D eigenvalue weighted by Gasteiger charge is 2.07. The van der Waals surface area contributed by atoms with Crippen molar-refractivity contribution in [3.63, 3.8) is 0 Å². The largest absolute Gasteiger partial charge is 0.357 e. The van der Waals surface area contributed by atoms with Crippen LogP contribution in [0.3, 0.4) is 0 Å². The average molecular weight is 359 g/mol. The van der Waals surface area contributed by atoms with Gasteiger partial charge in [-0.3, -0.25) is 4.79 Å². The number of aryl methyl sites for hydroxylation is 1. The van der Waals surface area contributed by atoms with Gasteiger partial charge in [0.1, 0.15) is 0 Å². The molecular formula is C18H25N5OS. The van der Waals surface area contributed by atoms with Crippen LogP contribution in [0.4, 0.5) is 0 Å². The van der Waals surface area contributed by atoms with Gasteiger partial charge in [0.05, 0.1) is 24.3 Å². The van der Waals surface area contributed by atoms with E-state index < -0.39 is 0 Å². The van der Waals surface area contributed by atoms with Gasteiger partial charge in [-0.05, 0) is 31.5 Å². The molecule has 134 valence electrons. The molecule has 0 saturated heterocycles. The topological polar surface area (TPSA) is 69.6 Å². The number of carbonyl (C=O) groups is 1. The third kappa shape index (κ3) is 5.56. The Morgan fingerprint density at radius 2 is 1.96 bits per heavy atom. The number of amides is 1. The van der Waals surface area contributed by atoms with Crippen molar-refractivity contribution < 1.29 is 4.79 Å². The Balaban J connectivity index is 1.98. The number of nitrogens with one attached hydrogen (secondary N) is 2. The van der Waals surface area contributed by atoms with E-state index in [-0.39, 0.29) is 5.91 Å². The van der Waals surface area contributed by atoms with E-state index in [2.05, 4.69) is 20.6 Å². The van der Waals surface area contributed by atoms with Gasteiger partial charge >= 0.3 is 0 Å². The van der Waals surface area contributed by atoms with Crippen molar-refractivity contribution in [1.82, 2.24) is 20.5 Å². The second-order valence-corrected chi connectivity index (χ2v) is 6.75. The van der Waals surface area contributed by atoms with E-state index in [0.717, 1.165) is 23.8 Å². The maximum Gasteiger partial charge on any atom is 0.253 e. The number of nitrogens with zero attached hydrogens (tertiary/aromatic N) is 3. The quantitative estimate of drug-likeness (QED) is 0.614. The first kappa shape index (κ1) is 18.9. The summed E-state index contributed by atoms with van der Waals surface area (Å²) in [7, 11) is 3.50. The van der Waals surface area contributed by atoms with Crippen molar-refractivity contribution in [3.8, 4) is 0 Å². The van der Waals surface area contributed by atoms with E-state index in [1.165, 1.54) is 4.88 Å². The Bertz CT molecular complexity index is 721. The minimum absolute atomic E-state index is 0.00461. The third-order valence-corrected chi connectivity index (χ3v) is 4.57. The summed E-state index contributed by atoms with van der Waals surface area (Å²) in [4.78, 5) is 23.5. The molecule has 0 spiro atoms. The van der Waals surface area contributed by atoms with Crippen LogP contribution in [-0.4, -0.2) is 42.4 Å². The first-order valence-corrected chi connectivity index (χ1v) is 9.11. The third-order valence-electron chi connectivity index (χ3n) is 3.63. The number of aliphatic imine (C=N–C) groups is 1. The van der Waals surface area contributed by atoms with Crippen LogP contribution >= 0.6 is 11.3 Å². The normalized spacial score (nSPS) is 11.3. The fourth-order valence-corrected chi connectivity index (χ4v) is 2.90. The summed E-state index contributed by atoms with van der Waals surface area (Å²) < 4.78 is 0. The van der Waals surface area contributed by atoms with Crippen LogP contribution in [0.25, 0.3) is 0 Å². The molecule has 1 aromatic carbocycles. The second-order valence-electron chi connectivity index (χ2n) is 5.81. The molecule has 0 aliphatic rings. The molecule has 2 rings (SSSR count). The molecule has 2 aromatic rings. The second kappa shape index (κ2) is 9.17. The van der Waals surface area contributed by atoms with E-state index in [1.54, 1.807) is 30.3 Å². The zero-order chi connectivity index (χ0) is 18.2. The number of aromatic nitrogens is 1. The van der Waals surface area contributed by atoms with Crippen molar-refractivity contribution in [2.75, 3.05) is 20.6 Å². The Hall–Kier alpha value is -2.41. The van der Waals surface area contributed by atoms with Crippen molar-refractivity contribution in [1.29, 1.82) is 0 Å². The van der Waals surface area contributed by atoms with Crippen molar-refractivity contribution in [2.24, 2.45) is 4.99 Å². The summed E-state index contributed by atoms with van der Waals surface area (Å²) >= 11 is 1.64. The van der Waals surface area contributed by atoms with E-state index in [1.807, 2.05) is 43.6 Å². The maximum absolute atomic E-state index is 11.9. The van der Waals surface area contributed by atoms with Gasteiger partial charge in [0.15, 0.2) is 5.96 Å². The molecule has 1 amide bonds. The lowest BCUT2D eigenvalue weighted by atomic mass is 10.1. The lowest BCUT2D eigenvalue weighted by molar-refractivity contribution is 0.0827. The number of rotatable bonds is 6. The molecule has 0 aliphatic carbocycles. The summed E-state index contributed by atoms with van der Waals surface area (Å²) in [5, 5.41) is 6.57. The van der Waals surface area contributed by atoms with Crippen LogP contribution in [0.5, 0.6) is 0 Å². The summed E-state index contributed by atoms with van der Waals surface area (Å²) in [6.45, 7) is 6.10. The first-order chi connectivity index (χ1) is 12.0. The number of carbonyl (C=O) groups excluding carboxylic acids is 1. The highest BCUT2D eigenvalue weighted by molar-refractivity contribution is 7.09. The number of thiazole rings is 1. The van der Waals surface area contributed by atoms with Gasteiger partial charge in [-0.1, -0.05) is 12.1 Å². The van der Waals surface area contributed by atoms with Gasteiger partial charge in [-0.25, -0.2) is 9.98 Å². The van der Waals surface area contributed by atoms with Crippen molar-refractivity contribution >= 4 is 23.2 Å². The summed E-state index contributed by atoms with van der Waals surface area (Å²) in [5.74, 6) is 0.772. The standard InChI is InChI=1S/C18H25N5OS/c1-5-19-18(21-11-16-13(2)22-12-25-16)20-10-14-6-8-15(9-7-14)17(24)23(3)4/h6-9,12H,5,10-11H2,1-4H3,(H2,19,20,21). The number of benzene rings is 1.